The molecule has 0 aliphatic heterocycles. The van der Waals surface area contributed by atoms with Crippen molar-refractivity contribution in [1.29, 1.82) is 0 Å². The van der Waals surface area contributed by atoms with Gasteiger partial charge in [0.15, 0.2) is 0 Å². The fourth-order valence-corrected chi connectivity index (χ4v) is 2.14. The van der Waals surface area contributed by atoms with E-state index in [1.807, 2.05) is 12.1 Å². The first-order valence-corrected chi connectivity index (χ1v) is 7.05. The number of benzene rings is 2. The summed E-state index contributed by atoms with van der Waals surface area (Å²) in [7, 11) is 1.68. The molecule has 0 aliphatic rings. The fraction of sp³-hybridized carbons (Fsp3) is 0.200. The van der Waals surface area contributed by atoms with Crippen molar-refractivity contribution >= 4 is 17.4 Å². The number of nitrogens with one attached hydrogen (secondary N) is 1. The van der Waals surface area contributed by atoms with Crippen LogP contribution < -0.4 is 10.1 Å². The van der Waals surface area contributed by atoms with E-state index in [9.17, 15) is 0 Å². The Labute approximate surface area is 112 Å². The molecule has 2 nitrogen and oxygen atoms in total. The van der Waals surface area contributed by atoms with E-state index < -0.39 is 0 Å². The third-order valence-corrected chi connectivity index (χ3v) is 3.45. The first-order valence-electron chi connectivity index (χ1n) is 5.82. The quantitative estimate of drug-likeness (QED) is 0.819. The Hall–Kier alpha value is -1.61. The van der Waals surface area contributed by atoms with Crippen LogP contribution in [0.15, 0.2) is 53.4 Å². The molecule has 3 heteroatoms. The summed E-state index contributed by atoms with van der Waals surface area (Å²) in [5.74, 6) is 0.892. The molecule has 0 saturated heterocycles. The van der Waals surface area contributed by atoms with Crippen LogP contribution in [0.3, 0.4) is 0 Å². The van der Waals surface area contributed by atoms with Gasteiger partial charge in [-0.1, -0.05) is 18.2 Å². The van der Waals surface area contributed by atoms with E-state index in [1.165, 1.54) is 10.5 Å². The third kappa shape index (κ3) is 3.44. The van der Waals surface area contributed by atoms with Crippen molar-refractivity contribution in [2.24, 2.45) is 0 Å². The summed E-state index contributed by atoms with van der Waals surface area (Å²) in [6, 6.07) is 16.5. The summed E-state index contributed by atoms with van der Waals surface area (Å²) in [6.45, 7) is 0.821. The highest BCUT2D eigenvalue weighted by molar-refractivity contribution is 7.98. The zero-order chi connectivity index (χ0) is 12.8. The van der Waals surface area contributed by atoms with E-state index in [4.69, 9.17) is 4.74 Å². The Balaban J connectivity index is 1.97. The van der Waals surface area contributed by atoms with Crippen molar-refractivity contribution in [2.45, 2.75) is 11.4 Å². The molecule has 2 rings (SSSR count). The second kappa shape index (κ2) is 6.36. The van der Waals surface area contributed by atoms with Crippen molar-refractivity contribution in [3.63, 3.8) is 0 Å². The molecule has 0 fully saturated rings. The maximum absolute atomic E-state index is 5.14. The van der Waals surface area contributed by atoms with Crippen LogP contribution in [0.2, 0.25) is 0 Å². The highest BCUT2D eigenvalue weighted by Crippen LogP contribution is 2.19. The summed E-state index contributed by atoms with van der Waals surface area (Å²) in [4.78, 5) is 1.27. The van der Waals surface area contributed by atoms with Gasteiger partial charge in [0, 0.05) is 17.1 Å². The summed E-state index contributed by atoms with van der Waals surface area (Å²) in [5.41, 5.74) is 2.39. The molecule has 0 radical (unpaired) electrons. The van der Waals surface area contributed by atoms with Crippen molar-refractivity contribution < 1.29 is 4.74 Å². The lowest BCUT2D eigenvalue weighted by atomic mass is 10.2. The van der Waals surface area contributed by atoms with Gasteiger partial charge < -0.3 is 10.1 Å². The highest BCUT2D eigenvalue weighted by atomic mass is 32.2. The summed E-state index contributed by atoms with van der Waals surface area (Å²) < 4.78 is 5.14. The number of methoxy groups -OCH3 is 1. The Morgan fingerprint density at radius 1 is 1.11 bits per heavy atom. The molecule has 0 aliphatic carbocycles. The molecule has 2 aromatic rings. The van der Waals surface area contributed by atoms with E-state index in [-0.39, 0.29) is 0 Å². The molecule has 94 valence electrons. The number of hydrogen-bond acceptors (Lipinski definition) is 3. The van der Waals surface area contributed by atoms with Crippen LogP contribution in [0, 0.1) is 0 Å². The largest absolute Gasteiger partial charge is 0.497 e. The zero-order valence-electron chi connectivity index (χ0n) is 10.6. The van der Waals surface area contributed by atoms with E-state index >= 15 is 0 Å². The molecule has 0 spiro atoms. The van der Waals surface area contributed by atoms with Gasteiger partial charge >= 0.3 is 0 Å². The van der Waals surface area contributed by atoms with Gasteiger partial charge in [0.25, 0.3) is 0 Å². The Morgan fingerprint density at radius 3 is 2.56 bits per heavy atom. The molecule has 2 aromatic carbocycles. The minimum Gasteiger partial charge on any atom is -0.497 e. The average molecular weight is 259 g/mol. The van der Waals surface area contributed by atoms with Gasteiger partial charge in [-0.05, 0) is 42.2 Å². The SMILES string of the molecule is COc1ccc(CNc2cccc(SC)c2)cc1. The number of rotatable bonds is 5. The van der Waals surface area contributed by atoms with E-state index in [2.05, 4.69) is 48.0 Å². The minimum absolute atomic E-state index is 0.821. The lowest BCUT2D eigenvalue weighted by Gasteiger charge is -2.08. The predicted octanol–water partition coefficient (Wildman–Crippen LogP) is 4.03. The maximum Gasteiger partial charge on any atom is 0.118 e. The van der Waals surface area contributed by atoms with E-state index in [0.717, 1.165) is 18.0 Å². The molecule has 0 saturated carbocycles. The van der Waals surface area contributed by atoms with Gasteiger partial charge in [0.05, 0.1) is 7.11 Å². The van der Waals surface area contributed by atoms with Crippen molar-refractivity contribution in [3.05, 3.63) is 54.1 Å². The van der Waals surface area contributed by atoms with Crippen LogP contribution in [-0.2, 0) is 6.54 Å². The number of ether oxygens (including phenoxy) is 1. The fourth-order valence-electron chi connectivity index (χ4n) is 1.68. The summed E-state index contributed by atoms with van der Waals surface area (Å²) in [6.07, 6.45) is 2.09. The first kappa shape index (κ1) is 12.8. The molecule has 0 atom stereocenters. The van der Waals surface area contributed by atoms with Crippen molar-refractivity contribution in [1.82, 2.24) is 0 Å². The summed E-state index contributed by atoms with van der Waals surface area (Å²) >= 11 is 1.75. The van der Waals surface area contributed by atoms with Crippen LogP contribution in [0.5, 0.6) is 5.75 Å². The Bertz CT molecular complexity index is 496. The smallest absolute Gasteiger partial charge is 0.118 e. The van der Waals surface area contributed by atoms with Crippen LogP contribution in [0.1, 0.15) is 5.56 Å². The van der Waals surface area contributed by atoms with Gasteiger partial charge in [-0.2, -0.15) is 0 Å². The predicted molar refractivity (Wildman–Crippen MR) is 78.5 cm³/mol. The molecule has 0 heterocycles. The normalized spacial score (nSPS) is 10.1. The number of hydrogen-bond donors (Lipinski definition) is 1. The van der Waals surface area contributed by atoms with Gasteiger partial charge in [-0.15, -0.1) is 11.8 Å². The van der Waals surface area contributed by atoms with Crippen LogP contribution in [0.25, 0.3) is 0 Å². The minimum atomic E-state index is 0.821. The van der Waals surface area contributed by atoms with Gasteiger partial charge in [0.2, 0.25) is 0 Å². The molecule has 18 heavy (non-hydrogen) atoms. The summed E-state index contributed by atoms with van der Waals surface area (Å²) in [5, 5.41) is 3.42. The van der Waals surface area contributed by atoms with Crippen molar-refractivity contribution in [3.8, 4) is 5.75 Å². The number of anilines is 1. The third-order valence-electron chi connectivity index (χ3n) is 2.73. The lowest BCUT2D eigenvalue weighted by Crippen LogP contribution is -1.99. The zero-order valence-corrected chi connectivity index (χ0v) is 11.5. The van der Waals surface area contributed by atoms with Gasteiger partial charge in [-0.3, -0.25) is 0 Å². The van der Waals surface area contributed by atoms with E-state index in [0.29, 0.717) is 0 Å². The lowest BCUT2D eigenvalue weighted by molar-refractivity contribution is 0.414. The van der Waals surface area contributed by atoms with Crippen LogP contribution in [-0.4, -0.2) is 13.4 Å². The molecule has 0 bridgehead atoms. The van der Waals surface area contributed by atoms with Gasteiger partial charge in [-0.25, -0.2) is 0 Å². The molecule has 0 amide bonds. The molecule has 0 unspecified atom stereocenters. The van der Waals surface area contributed by atoms with Gasteiger partial charge in [0.1, 0.15) is 5.75 Å². The molecule has 0 aromatic heterocycles. The van der Waals surface area contributed by atoms with E-state index in [1.54, 1.807) is 18.9 Å². The van der Waals surface area contributed by atoms with Crippen LogP contribution in [0.4, 0.5) is 5.69 Å². The van der Waals surface area contributed by atoms with Crippen LogP contribution >= 0.6 is 11.8 Å². The molecular weight excluding hydrogens is 242 g/mol. The topological polar surface area (TPSA) is 21.3 Å². The molecular formula is C15H17NOS. The highest BCUT2D eigenvalue weighted by Gasteiger charge is 1.96. The maximum atomic E-state index is 5.14. The second-order valence-electron chi connectivity index (χ2n) is 3.93. The first-order chi connectivity index (χ1) is 8.81. The Kier molecular flexibility index (Phi) is 4.53. The second-order valence-corrected chi connectivity index (χ2v) is 4.81. The molecule has 1 N–H and O–H groups in total. The van der Waals surface area contributed by atoms with Crippen molar-refractivity contribution in [2.75, 3.05) is 18.7 Å². The standard InChI is InChI=1S/C15H17NOS/c1-17-14-8-6-12(7-9-14)11-16-13-4-3-5-15(10-13)18-2/h3-10,16H,11H2,1-2H3. The Morgan fingerprint density at radius 2 is 1.89 bits per heavy atom. The number of thioether (sulfide) groups is 1. The monoisotopic (exact) mass is 259 g/mol. The average Bonchev–Trinajstić information content (AvgIpc) is 2.46.